The van der Waals surface area contributed by atoms with Gasteiger partial charge in [0.25, 0.3) is 0 Å². The monoisotopic (exact) mass is 509 g/mol. The highest BCUT2D eigenvalue weighted by Gasteiger charge is 2.65. The van der Waals surface area contributed by atoms with Crippen molar-refractivity contribution in [3.63, 3.8) is 0 Å². The standard InChI is InChI=1S/C31H24FNO5/c1-38-28-11-10-19(12-20(28)13-29(35)36)24-16-31(24)23-14-22(25(32)15-26(23)33-30(31)37)18-8-6-17(7-9-18)21-4-2-3-5-27(21)34/h2-12,14-15,24,34H,13,16H2,1H3,(H,33,37)(H,35,36). The van der Waals surface area contributed by atoms with Crippen molar-refractivity contribution in [2.75, 3.05) is 12.4 Å². The number of halogens is 1. The van der Waals surface area contributed by atoms with Gasteiger partial charge in [0.05, 0.1) is 18.9 Å². The number of carbonyl (C=O) groups is 2. The van der Waals surface area contributed by atoms with E-state index in [0.717, 1.165) is 16.7 Å². The van der Waals surface area contributed by atoms with Crippen LogP contribution in [0.25, 0.3) is 22.3 Å². The Labute approximate surface area is 218 Å². The van der Waals surface area contributed by atoms with Crippen LogP contribution in [0.1, 0.15) is 29.0 Å². The van der Waals surface area contributed by atoms with Gasteiger partial charge < -0.3 is 20.3 Å². The SMILES string of the molecule is COc1ccc(C2CC23C(=O)Nc2cc(F)c(-c4ccc(-c5ccccc5O)cc4)cc23)cc1CC(=O)O. The van der Waals surface area contributed by atoms with Crippen LogP contribution in [0.2, 0.25) is 0 Å². The third-order valence-corrected chi connectivity index (χ3v) is 7.66. The smallest absolute Gasteiger partial charge is 0.307 e. The van der Waals surface area contributed by atoms with Crippen molar-refractivity contribution >= 4 is 17.6 Å². The number of rotatable bonds is 6. The van der Waals surface area contributed by atoms with Crippen LogP contribution < -0.4 is 10.1 Å². The number of aliphatic carboxylic acids is 1. The predicted octanol–water partition coefficient (Wildman–Crippen LogP) is 5.88. The first kappa shape index (κ1) is 23.7. The van der Waals surface area contributed by atoms with E-state index in [-0.39, 0.29) is 24.0 Å². The van der Waals surface area contributed by atoms with Crippen molar-refractivity contribution in [1.82, 2.24) is 0 Å². The number of ether oxygens (including phenoxy) is 1. The van der Waals surface area contributed by atoms with Gasteiger partial charge in [0.15, 0.2) is 0 Å². The van der Waals surface area contributed by atoms with Crippen LogP contribution in [0.3, 0.4) is 0 Å². The number of fused-ring (bicyclic) bond motifs is 2. The van der Waals surface area contributed by atoms with Gasteiger partial charge in [0.1, 0.15) is 17.3 Å². The van der Waals surface area contributed by atoms with Crippen LogP contribution in [-0.2, 0) is 21.4 Å². The summed E-state index contributed by atoms with van der Waals surface area (Å²) in [6.45, 7) is 0. The fourth-order valence-electron chi connectivity index (χ4n) is 5.70. The van der Waals surface area contributed by atoms with E-state index in [1.165, 1.54) is 13.2 Å². The molecule has 2 aliphatic rings. The number of carbonyl (C=O) groups excluding carboxylic acids is 1. The highest BCUT2D eigenvalue weighted by molar-refractivity contribution is 6.10. The summed E-state index contributed by atoms with van der Waals surface area (Å²) in [5.74, 6) is -1.10. The first-order valence-electron chi connectivity index (χ1n) is 12.2. The quantitative estimate of drug-likeness (QED) is 0.302. The minimum atomic E-state index is -0.969. The number of nitrogens with one attached hydrogen (secondary N) is 1. The van der Waals surface area contributed by atoms with Crippen LogP contribution >= 0.6 is 0 Å². The molecule has 0 radical (unpaired) electrons. The number of phenolic OH excluding ortho intramolecular Hbond substituents is 1. The zero-order chi connectivity index (χ0) is 26.6. The molecule has 2 atom stereocenters. The molecule has 0 bridgehead atoms. The van der Waals surface area contributed by atoms with Gasteiger partial charge >= 0.3 is 5.97 Å². The highest BCUT2D eigenvalue weighted by atomic mass is 19.1. The molecule has 1 fully saturated rings. The second kappa shape index (κ2) is 8.73. The lowest BCUT2D eigenvalue weighted by molar-refractivity contribution is -0.136. The lowest BCUT2D eigenvalue weighted by Crippen LogP contribution is -2.21. The third-order valence-electron chi connectivity index (χ3n) is 7.66. The van der Waals surface area contributed by atoms with Crippen LogP contribution in [0, 0.1) is 5.82 Å². The number of para-hydroxylation sites is 1. The van der Waals surface area contributed by atoms with E-state index >= 15 is 4.39 Å². The van der Waals surface area contributed by atoms with Crippen molar-refractivity contribution in [3.05, 3.63) is 101 Å². The summed E-state index contributed by atoms with van der Waals surface area (Å²) in [4.78, 5) is 24.6. The molecule has 6 rings (SSSR count). The molecule has 6 nitrogen and oxygen atoms in total. The molecule has 4 aromatic carbocycles. The van der Waals surface area contributed by atoms with E-state index in [4.69, 9.17) is 4.74 Å². The highest BCUT2D eigenvalue weighted by Crippen LogP contribution is 2.65. The predicted molar refractivity (Wildman–Crippen MR) is 141 cm³/mol. The Kier molecular flexibility index (Phi) is 5.45. The van der Waals surface area contributed by atoms with Crippen LogP contribution in [0.5, 0.6) is 11.5 Å². The molecular weight excluding hydrogens is 485 g/mol. The average molecular weight is 510 g/mol. The van der Waals surface area contributed by atoms with Crippen molar-refractivity contribution in [2.24, 2.45) is 0 Å². The van der Waals surface area contributed by atoms with Gasteiger partial charge in [0, 0.05) is 28.3 Å². The van der Waals surface area contributed by atoms with Crippen LogP contribution in [-0.4, -0.2) is 29.2 Å². The maximum absolute atomic E-state index is 15.2. The van der Waals surface area contributed by atoms with Crippen molar-refractivity contribution in [1.29, 1.82) is 0 Å². The van der Waals surface area contributed by atoms with Crippen LogP contribution in [0.15, 0.2) is 78.9 Å². The molecule has 3 N–H and O–H groups in total. The molecule has 190 valence electrons. The number of phenols is 1. The zero-order valence-corrected chi connectivity index (χ0v) is 20.5. The Morgan fingerprint density at radius 3 is 2.42 bits per heavy atom. The van der Waals surface area contributed by atoms with Gasteiger partial charge in [-0.1, -0.05) is 54.6 Å². The Morgan fingerprint density at radius 1 is 1.03 bits per heavy atom. The number of carboxylic acid groups (broad SMARTS) is 1. The summed E-state index contributed by atoms with van der Waals surface area (Å²) in [6, 6.07) is 22.8. The molecule has 1 spiro atoms. The first-order valence-corrected chi connectivity index (χ1v) is 12.2. The van der Waals surface area contributed by atoms with E-state index in [2.05, 4.69) is 5.32 Å². The second-order valence-electron chi connectivity index (χ2n) is 9.80. The molecule has 2 unspecified atom stereocenters. The van der Waals surface area contributed by atoms with Gasteiger partial charge in [-0.2, -0.15) is 0 Å². The fraction of sp³-hybridized carbons (Fsp3) is 0.161. The largest absolute Gasteiger partial charge is 0.507 e. The average Bonchev–Trinajstić information content (AvgIpc) is 3.60. The van der Waals surface area contributed by atoms with Crippen molar-refractivity contribution < 1.29 is 28.9 Å². The second-order valence-corrected chi connectivity index (χ2v) is 9.80. The summed E-state index contributed by atoms with van der Waals surface area (Å²) in [7, 11) is 1.49. The minimum absolute atomic E-state index is 0.163. The van der Waals surface area contributed by atoms with Crippen LogP contribution in [0.4, 0.5) is 10.1 Å². The molecule has 0 aromatic heterocycles. The number of anilines is 1. The lowest BCUT2D eigenvalue weighted by atomic mass is 9.89. The molecule has 1 aliphatic heterocycles. The summed E-state index contributed by atoms with van der Waals surface area (Å²) < 4.78 is 20.6. The number of hydrogen-bond acceptors (Lipinski definition) is 4. The molecule has 1 amide bonds. The molecule has 1 aliphatic carbocycles. The first-order chi connectivity index (χ1) is 18.3. The number of amides is 1. The van der Waals surface area contributed by atoms with Crippen molar-refractivity contribution in [2.45, 2.75) is 24.2 Å². The number of carboxylic acids is 1. The van der Waals surface area contributed by atoms with E-state index in [9.17, 15) is 19.8 Å². The van der Waals surface area contributed by atoms with Gasteiger partial charge in [-0.25, -0.2) is 4.39 Å². The molecule has 7 heteroatoms. The summed E-state index contributed by atoms with van der Waals surface area (Å²) in [5, 5.41) is 22.3. The molecule has 1 saturated carbocycles. The molecule has 0 saturated heterocycles. The van der Waals surface area contributed by atoms with Crippen molar-refractivity contribution in [3.8, 4) is 33.8 Å². The van der Waals surface area contributed by atoms with Gasteiger partial charge in [-0.15, -0.1) is 0 Å². The van der Waals surface area contributed by atoms with E-state index < -0.39 is 17.2 Å². The summed E-state index contributed by atoms with van der Waals surface area (Å²) in [5.41, 5.74) is 4.30. The Bertz CT molecular complexity index is 1610. The minimum Gasteiger partial charge on any atom is -0.507 e. The van der Waals surface area contributed by atoms with Gasteiger partial charge in [-0.3, -0.25) is 9.59 Å². The maximum Gasteiger partial charge on any atom is 0.307 e. The van der Waals surface area contributed by atoms with E-state index in [1.54, 1.807) is 42.5 Å². The topological polar surface area (TPSA) is 95.9 Å². The number of aromatic hydroxyl groups is 1. The van der Waals surface area contributed by atoms with E-state index in [1.807, 2.05) is 30.3 Å². The molecule has 38 heavy (non-hydrogen) atoms. The Morgan fingerprint density at radius 2 is 1.74 bits per heavy atom. The molecular formula is C31H24FNO5. The number of methoxy groups -OCH3 is 1. The normalized spacial score (nSPS) is 19.2. The zero-order valence-electron chi connectivity index (χ0n) is 20.5. The summed E-state index contributed by atoms with van der Waals surface area (Å²) in [6.07, 6.45) is 0.355. The lowest BCUT2D eigenvalue weighted by Gasteiger charge is -2.14. The van der Waals surface area contributed by atoms with Gasteiger partial charge in [0.2, 0.25) is 5.91 Å². The summed E-state index contributed by atoms with van der Waals surface area (Å²) >= 11 is 0. The molecule has 4 aromatic rings. The maximum atomic E-state index is 15.2. The number of hydrogen-bond donors (Lipinski definition) is 3. The van der Waals surface area contributed by atoms with Gasteiger partial charge in [-0.05, 0) is 52.9 Å². The molecule has 1 heterocycles. The Balaban J connectivity index is 1.36. The Hall–Kier alpha value is -4.65. The fourth-order valence-corrected chi connectivity index (χ4v) is 5.70. The number of benzene rings is 4. The third kappa shape index (κ3) is 3.70. The van der Waals surface area contributed by atoms with E-state index in [0.29, 0.717) is 40.1 Å².